The van der Waals surface area contributed by atoms with Gasteiger partial charge < -0.3 is 9.64 Å². The average molecular weight is 459 g/mol. The van der Waals surface area contributed by atoms with Crippen LogP contribution >= 0.6 is 11.8 Å². The predicted octanol–water partition coefficient (Wildman–Crippen LogP) is 3.91. The number of sulfone groups is 1. The lowest BCUT2D eigenvalue weighted by atomic mass is 10.1. The summed E-state index contributed by atoms with van der Waals surface area (Å²) in [5, 5.41) is 0.482. The van der Waals surface area contributed by atoms with E-state index >= 15 is 0 Å². The van der Waals surface area contributed by atoms with Crippen LogP contribution in [0.3, 0.4) is 0 Å². The number of carbonyl (C=O) groups is 1. The second kappa shape index (κ2) is 9.04. The summed E-state index contributed by atoms with van der Waals surface area (Å²) in [6.45, 7) is 4.29. The largest absolute Gasteiger partial charge is 0.489 e. The Labute approximate surface area is 187 Å². The van der Waals surface area contributed by atoms with E-state index in [1.807, 2.05) is 73.3 Å². The summed E-state index contributed by atoms with van der Waals surface area (Å²) in [5.41, 5.74) is 1.90. The number of amides is 1. The number of anilines is 1. The molecule has 4 rings (SSSR count). The average Bonchev–Trinajstić information content (AvgIpc) is 3.23. The maximum atomic E-state index is 12.5. The quantitative estimate of drug-likeness (QED) is 0.653. The third-order valence-corrected chi connectivity index (χ3v) is 8.88. The highest BCUT2D eigenvalue weighted by Gasteiger charge is 2.49. The van der Waals surface area contributed by atoms with E-state index in [4.69, 9.17) is 4.74 Å². The Morgan fingerprint density at radius 1 is 1.16 bits per heavy atom. The number of benzene rings is 2. The van der Waals surface area contributed by atoms with E-state index in [1.165, 1.54) is 11.8 Å². The van der Waals surface area contributed by atoms with E-state index in [1.54, 1.807) is 0 Å². The number of hydrogen-bond acceptors (Lipinski definition) is 5. The molecule has 0 N–H and O–H groups in total. The number of ether oxygens (including phenoxy) is 1. The first-order valence-electron chi connectivity index (χ1n) is 10.4. The van der Waals surface area contributed by atoms with Crippen LogP contribution in [-0.4, -0.2) is 42.3 Å². The molecule has 2 fully saturated rings. The van der Waals surface area contributed by atoms with Crippen LogP contribution in [0.2, 0.25) is 0 Å². The molecule has 164 valence electrons. The highest BCUT2D eigenvalue weighted by Crippen LogP contribution is 2.41. The fourth-order valence-electron chi connectivity index (χ4n) is 3.69. The van der Waals surface area contributed by atoms with Crippen molar-refractivity contribution in [3.63, 3.8) is 0 Å². The molecule has 0 bridgehead atoms. The number of fused-ring (bicyclic) bond motifs is 1. The van der Waals surface area contributed by atoms with Gasteiger partial charge in [-0.3, -0.25) is 4.79 Å². The predicted molar refractivity (Wildman–Crippen MR) is 125 cm³/mol. The summed E-state index contributed by atoms with van der Waals surface area (Å²) in [6, 6.07) is 17.3. The molecule has 0 unspecified atom stereocenters. The van der Waals surface area contributed by atoms with Crippen molar-refractivity contribution in [1.29, 1.82) is 0 Å². The van der Waals surface area contributed by atoms with Crippen LogP contribution in [-0.2, 0) is 21.2 Å². The van der Waals surface area contributed by atoms with Crippen molar-refractivity contribution in [1.82, 2.24) is 0 Å². The minimum absolute atomic E-state index is 0.0769. The fraction of sp³-hybridized carbons (Fsp3) is 0.391. The molecule has 2 aliphatic heterocycles. The third-order valence-electron chi connectivity index (χ3n) is 5.67. The van der Waals surface area contributed by atoms with Crippen LogP contribution in [0.25, 0.3) is 0 Å². The molecule has 31 heavy (non-hydrogen) atoms. The number of rotatable bonds is 6. The van der Waals surface area contributed by atoms with Crippen LogP contribution in [0.4, 0.5) is 5.69 Å². The molecule has 2 aromatic carbocycles. The Bertz CT molecular complexity index is 1070. The van der Waals surface area contributed by atoms with Crippen LogP contribution in [0.1, 0.15) is 25.8 Å². The van der Waals surface area contributed by atoms with Gasteiger partial charge in [0.25, 0.3) is 5.91 Å². The van der Waals surface area contributed by atoms with Crippen molar-refractivity contribution in [2.45, 2.75) is 38.2 Å². The molecule has 8 heteroatoms. The van der Waals surface area contributed by atoms with Crippen molar-refractivity contribution >= 4 is 38.4 Å². The summed E-state index contributed by atoms with van der Waals surface area (Å²) in [4.78, 5) is 18.8. The maximum Gasteiger partial charge on any atom is 0.250 e. The first-order valence-corrected chi connectivity index (χ1v) is 13.1. The minimum atomic E-state index is -3.09. The zero-order valence-electron chi connectivity index (χ0n) is 17.6. The lowest BCUT2D eigenvalue weighted by Gasteiger charge is -2.25. The van der Waals surface area contributed by atoms with Crippen molar-refractivity contribution in [3.8, 4) is 5.75 Å². The van der Waals surface area contributed by atoms with Gasteiger partial charge in [0.1, 0.15) is 12.4 Å². The second-order valence-corrected chi connectivity index (χ2v) is 11.3. The number of nitrogens with zero attached hydrogens (tertiary/aromatic N) is 2. The summed E-state index contributed by atoms with van der Waals surface area (Å²) in [7, 11) is -3.09. The number of amidine groups is 1. The van der Waals surface area contributed by atoms with E-state index < -0.39 is 9.84 Å². The van der Waals surface area contributed by atoms with Crippen LogP contribution in [0.5, 0.6) is 5.75 Å². The van der Waals surface area contributed by atoms with Crippen LogP contribution in [0.15, 0.2) is 59.6 Å². The lowest BCUT2D eigenvalue weighted by Crippen LogP contribution is -2.37. The number of hydrogen-bond donors (Lipinski definition) is 0. The molecule has 0 spiro atoms. The second-order valence-electron chi connectivity index (χ2n) is 7.98. The summed E-state index contributed by atoms with van der Waals surface area (Å²) in [6.07, 6.45) is 0.717. The number of aliphatic imine (C=N–C) groups is 1. The minimum Gasteiger partial charge on any atom is -0.489 e. The van der Waals surface area contributed by atoms with Crippen LogP contribution in [0, 0.1) is 5.92 Å². The van der Waals surface area contributed by atoms with E-state index in [9.17, 15) is 13.2 Å². The lowest BCUT2D eigenvalue weighted by molar-refractivity contribution is -0.121. The van der Waals surface area contributed by atoms with Gasteiger partial charge in [0.2, 0.25) is 0 Å². The standard InChI is InChI=1S/C23H26N2O4S2/c1-3-16(2)22(26)24-23-25(20-14-31(27,28)15-21(20)30-23)18-9-11-19(12-10-18)29-13-17-7-5-4-6-8-17/h4-12,16,20-21H,3,13-15H2,1-2H3/t16-,20-,21+/m0/s1. The zero-order valence-corrected chi connectivity index (χ0v) is 19.2. The molecule has 0 saturated carbocycles. The first kappa shape index (κ1) is 21.9. The summed E-state index contributed by atoms with van der Waals surface area (Å²) in [5.74, 6) is 0.596. The van der Waals surface area contributed by atoms with E-state index in [2.05, 4.69) is 4.99 Å². The fourth-order valence-corrected chi connectivity index (χ4v) is 7.61. The topological polar surface area (TPSA) is 76.0 Å². The molecule has 3 atom stereocenters. The smallest absolute Gasteiger partial charge is 0.250 e. The van der Waals surface area contributed by atoms with Crippen molar-refractivity contribution in [3.05, 3.63) is 60.2 Å². The van der Waals surface area contributed by atoms with Gasteiger partial charge in [-0.2, -0.15) is 4.99 Å². The molecule has 2 aliphatic rings. The van der Waals surface area contributed by atoms with Gasteiger partial charge >= 0.3 is 0 Å². The number of thioether (sulfide) groups is 1. The van der Waals surface area contributed by atoms with Crippen LogP contribution < -0.4 is 9.64 Å². The van der Waals surface area contributed by atoms with Gasteiger partial charge in [0, 0.05) is 16.9 Å². The normalized spacial score (nSPS) is 24.2. The van der Waals surface area contributed by atoms with E-state index in [0.717, 1.165) is 23.4 Å². The third kappa shape index (κ3) is 4.96. The van der Waals surface area contributed by atoms with Gasteiger partial charge in [-0.25, -0.2) is 8.42 Å². The van der Waals surface area contributed by atoms with Crippen molar-refractivity contribution < 1.29 is 17.9 Å². The highest BCUT2D eigenvalue weighted by molar-refractivity contribution is 8.16. The van der Waals surface area contributed by atoms with Crippen molar-refractivity contribution in [2.24, 2.45) is 10.9 Å². The Hall–Kier alpha value is -2.32. The molecular weight excluding hydrogens is 432 g/mol. The van der Waals surface area contributed by atoms with Crippen molar-refractivity contribution in [2.75, 3.05) is 16.4 Å². The van der Waals surface area contributed by atoms with Gasteiger partial charge in [-0.1, -0.05) is 55.9 Å². The Balaban J connectivity index is 1.56. The highest BCUT2D eigenvalue weighted by atomic mass is 32.2. The van der Waals surface area contributed by atoms with Gasteiger partial charge in [0.15, 0.2) is 15.0 Å². The van der Waals surface area contributed by atoms with E-state index in [-0.39, 0.29) is 34.6 Å². The molecule has 6 nitrogen and oxygen atoms in total. The molecule has 1 amide bonds. The maximum absolute atomic E-state index is 12.5. The van der Waals surface area contributed by atoms with Gasteiger partial charge in [-0.05, 0) is 36.2 Å². The van der Waals surface area contributed by atoms with Gasteiger partial charge in [-0.15, -0.1) is 0 Å². The number of carbonyl (C=O) groups excluding carboxylic acids is 1. The molecule has 2 saturated heterocycles. The summed E-state index contributed by atoms with van der Waals surface area (Å²) < 4.78 is 30.3. The SMILES string of the molecule is CC[C@H](C)C(=O)N=C1S[C@@H]2CS(=O)(=O)C[C@@H]2N1c1ccc(OCc2ccccc2)cc1. The summed E-state index contributed by atoms with van der Waals surface area (Å²) >= 11 is 1.40. The molecule has 0 aromatic heterocycles. The monoisotopic (exact) mass is 458 g/mol. The van der Waals surface area contributed by atoms with Gasteiger partial charge in [0.05, 0.1) is 17.5 Å². The molecular formula is C23H26N2O4S2. The first-order chi connectivity index (χ1) is 14.9. The van der Waals surface area contributed by atoms with E-state index in [0.29, 0.717) is 11.8 Å². The molecule has 2 heterocycles. The zero-order chi connectivity index (χ0) is 22.0. The molecule has 0 aliphatic carbocycles. The molecule has 2 aromatic rings. The Morgan fingerprint density at radius 2 is 1.87 bits per heavy atom. The Kier molecular flexibility index (Phi) is 6.39. The Morgan fingerprint density at radius 3 is 2.55 bits per heavy atom. The molecule has 0 radical (unpaired) electrons.